The Morgan fingerprint density at radius 3 is 2.70 bits per heavy atom. The topological polar surface area (TPSA) is 47.6 Å². The summed E-state index contributed by atoms with van der Waals surface area (Å²) in [7, 11) is 1.61. The van der Waals surface area contributed by atoms with Crippen LogP contribution in [-0.2, 0) is 19.8 Å². The predicted octanol–water partition coefficient (Wildman–Crippen LogP) is 2.74. The summed E-state index contributed by atoms with van der Waals surface area (Å²) in [6.45, 7) is 5.32. The molecule has 0 aliphatic heterocycles. The summed E-state index contributed by atoms with van der Waals surface area (Å²) in [6.07, 6.45) is 0.327. The lowest BCUT2D eigenvalue weighted by atomic mass is 9.94. The molecule has 0 saturated carbocycles. The molecule has 0 aliphatic carbocycles. The Kier molecular flexibility index (Phi) is 6.99. The average Bonchev–Trinajstić information content (AvgIpc) is 2.38. The van der Waals surface area contributed by atoms with E-state index in [-0.39, 0.29) is 5.91 Å². The number of halogens is 1. The van der Waals surface area contributed by atoms with Gasteiger partial charge in [-0.15, -0.1) is 0 Å². The Morgan fingerprint density at radius 2 is 2.05 bits per heavy atom. The highest BCUT2D eigenvalue weighted by atomic mass is 35.5. The molecule has 0 unspecified atom stereocenters. The van der Waals surface area contributed by atoms with E-state index in [1.807, 2.05) is 38.1 Å². The van der Waals surface area contributed by atoms with Crippen LogP contribution in [0.1, 0.15) is 25.8 Å². The summed E-state index contributed by atoms with van der Waals surface area (Å²) in [5.74, 6) is -0.0487. The van der Waals surface area contributed by atoms with Crippen molar-refractivity contribution in [3.05, 3.63) is 34.9 Å². The van der Waals surface area contributed by atoms with Crippen LogP contribution in [0.3, 0.4) is 0 Å². The maximum absolute atomic E-state index is 11.9. The molecular weight excluding hydrogens is 278 g/mol. The molecule has 0 radical (unpaired) electrons. The number of hydrogen-bond donors (Lipinski definition) is 1. The van der Waals surface area contributed by atoms with Gasteiger partial charge in [0.15, 0.2) is 0 Å². The molecule has 1 aromatic carbocycles. The highest BCUT2D eigenvalue weighted by Gasteiger charge is 2.22. The van der Waals surface area contributed by atoms with Gasteiger partial charge in [-0.05, 0) is 31.5 Å². The van der Waals surface area contributed by atoms with Gasteiger partial charge in [0.05, 0.1) is 25.4 Å². The SMILES string of the molecule is COCCOCCC(=O)NC(C)(C)c1cccc(Cl)c1. The summed E-state index contributed by atoms with van der Waals surface area (Å²) in [5.41, 5.74) is 0.507. The van der Waals surface area contributed by atoms with Crippen molar-refractivity contribution in [1.29, 1.82) is 0 Å². The Balaban J connectivity index is 2.43. The summed E-state index contributed by atoms with van der Waals surface area (Å²) in [6, 6.07) is 7.49. The lowest BCUT2D eigenvalue weighted by Gasteiger charge is -2.27. The summed E-state index contributed by atoms with van der Waals surface area (Å²) < 4.78 is 10.1. The molecule has 0 saturated heterocycles. The van der Waals surface area contributed by atoms with Crippen LogP contribution >= 0.6 is 11.6 Å². The van der Waals surface area contributed by atoms with Gasteiger partial charge in [0.25, 0.3) is 0 Å². The second kappa shape index (κ2) is 8.25. The molecule has 0 fully saturated rings. The maximum Gasteiger partial charge on any atom is 0.222 e. The van der Waals surface area contributed by atoms with Crippen molar-refractivity contribution >= 4 is 17.5 Å². The molecule has 0 heterocycles. The van der Waals surface area contributed by atoms with Gasteiger partial charge >= 0.3 is 0 Å². The first-order valence-corrected chi connectivity index (χ1v) is 6.97. The smallest absolute Gasteiger partial charge is 0.222 e. The van der Waals surface area contributed by atoms with Crippen LogP contribution in [0.2, 0.25) is 5.02 Å². The Labute approximate surface area is 125 Å². The van der Waals surface area contributed by atoms with Crippen molar-refractivity contribution < 1.29 is 14.3 Å². The van der Waals surface area contributed by atoms with E-state index < -0.39 is 5.54 Å². The zero-order valence-corrected chi connectivity index (χ0v) is 13.0. The number of rotatable bonds is 8. The summed E-state index contributed by atoms with van der Waals surface area (Å²) >= 11 is 5.97. The van der Waals surface area contributed by atoms with Crippen LogP contribution < -0.4 is 5.32 Å². The van der Waals surface area contributed by atoms with Crippen molar-refractivity contribution in [2.24, 2.45) is 0 Å². The molecule has 4 nitrogen and oxygen atoms in total. The van der Waals surface area contributed by atoms with Gasteiger partial charge in [0.1, 0.15) is 0 Å². The first-order chi connectivity index (χ1) is 9.45. The molecule has 1 N–H and O–H groups in total. The molecule has 1 aromatic rings. The minimum atomic E-state index is -0.464. The van der Waals surface area contributed by atoms with E-state index in [1.54, 1.807) is 7.11 Å². The third-order valence-electron chi connectivity index (χ3n) is 2.90. The van der Waals surface area contributed by atoms with Crippen molar-refractivity contribution in [2.75, 3.05) is 26.9 Å². The number of carbonyl (C=O) groups is 1. The molecular formula is C15H22ClNO3. The van der Waals surface area contributed by atoms with Crippen molar-refractivity contribution in [3.8, 4) is 0 Å². The van der Waals surface area contributed by atoms with E-state index in [9.17, 15) is 4.79 Å². The van der Waals surface area contributed by atoms with Gasteiger partial charge in [-0.2, -0.15) is 0 Å². The summed E-state index contributed by atoms with van der Waals surface area (Å²) in [4.78, 5) is 11.9. The lowest BCUT2D eigenvalue weighted by molar-refractivity contribution is -0.124. The fourth-order valence-corrected chi connectivity index (χ4v) is 1.96. The minimum absolute atomic E-state index is 0.0487. The highest BCUT2D eigenvalue weighted by molar-refractivity contribution is 6.30. The van der Waals surface area contributed by atoms with Crippen molar-refractivity contribution in [2.45, 2.75) is 25.8 Å². The Morgan fingerprint density at radius 1 is 1.30 bits per heavy atom. The van der Waals surface area contributed by atoms with Crippen LogP contribution in [-0.4, -0.2) is 32.8 Å². The number of hydrogen-bond acceptors (Lipinski definition) is 3. The molecule has 0 bridgehead atoms. The molecule has 20 heavy (non-hydrogen) atoms. The summed E-state index contributed by atoms with van der Waals surface area (Å²) in [5, 5.41) is 3.64. The van der Waals surface area contributed by atoms with Gasteiger partial charge in [-0.25, -0.2) is 0 Å². The van der Waals surface area contributed by atoms with E-state index >= 15 is 0 Å². The van der Waals surface area contributed by atoms with Crippen LogP contribution in [0.25, 0.3) is 0 Å². The van der Waals surface area contributed by atoms with Gasteiger partial charge in [0.2, 0.25) is 5.91 Å². The van der Waals surface area contributed by atoms with E-state index in [0.717, 1.165) is 5.56 Å². The minimum Gasteiger partial charge on any atom is -0.382 e. The number of benzene rings is 1. The zero-order valence-electron chi connectivity index (χ0n) is 12.2. The molecule has 0 aliphatic rings. The number of amides is 1. The quantitative estimate of drug-likeness (QED) is 0.751. The number of carbonyl (C=O) groups excluding carboxylic acids is 1. The van der Waals surface area contributed by atoms with Gasteiger partial charge in [-0.1, -0.05) is 23.7 Å². The fraction of sp³-hybridized carbons (Fsp3) is 0.533. The normalized spacial score (nSPS) is 11.4. The third-order valence-corrected chi connectivity index (χ3v) is 3.14. The first-order valence-electron chi connectivity index (χ1n) is 6.59. The number of methoxy groups -OCH3 is 1. The molecule has 1 amide bonds. The zero-order chi connectivity index (χ0) is 15.0. The van der Waals surface area contributed by atoms with E-state index in [4.69, 9.17) is 21.1 Å². The Bertz CT molecular complexity index is 435. The monoisotopic (exact) mass is 299 g/mol. The lowest BCUT2D eigenvalue weighted by Crippen LogP contribution is -2.41. The molecule has 0 atom stereocenters. The largest absolute Gasteiger partial charge is 0.382 e. The molecule has 0 aromatic heterocycles. The average molecular weight is 300 g/mol. The highest BCUT2D eigenvalue weighted by Crippen LogP contribution is 2.23. The number of nitrogens with one attached hydrogen (secondary N) is 1. The molecule has 5 heteroatoms. The van der Waals surface area contributed by atoms with Crippen LogP contribution in [0.5, 0.6) is 0 Å². The fourth-order valence-electron chi connectivity index (χ4n) is 1.77. The molecule has 0 spiro atoms. The van der Waals surface area contributed by atoms with Gasteiger partial charge in [0, 0.05) is 18.6 Å². The van der Waals surface area contributed by atoms with Gasteiger partial charge < -0.3 is 14.8 Å². The standard InChI is InChI=1S/C15H22ClNO3/c1-15(2,12-5-4-6-13(16)11-12)17-14(18)7-8-20-10-9-19-3/h4-6,11H,7-10H2,1-3H3,(H,17,18). The number of ether oxygens (including phenoxy) is 2. The van der Waals surface area contributed by atoms with Gasteiger partial charge in [-0.3, -0.25) is 4.79 Å². The van der Waals surface area contributed by atoms with E-state index in [1.165, 1.54) is 0 Å². The van der Waals surface area contributed by atoms with Crippen LogP contribution in [0, 0.1) is 0 Å². The van der Waals surface area contributed by atoms with Crippen LogP contribution in [0.4, 0.5) is 0 Å². The predicted molar refractivity (Wildman–Crippen MR) is 79.9 cm³/mol. The second-order valence-electron chi connectivity index (χ2n) is 5.04. The van der Waals surface area contributed by atoms with E-state index in [2.05, 4.69) is 5.32 Å². The van der Waals surface area contributed by atoms with Crippen LogP contribution in [0.15, 0.2) is 24.3 Å². The van der Waals surface area contributed by atoms with Crippen molar-refractivity contribution in [1.82, 2.24) is 5.32 Å². The second-order valence-corrected chi connectivity index (χ2v) is 5.48. The van der Waals surface area contributed by atoms with E-state index in [0.29, 0.717) is 31.3 Å². The third kappa shape index (κ3) is 5.90. The maximum atomic E-state index is 11.9. The molecule has 112 valence electrons. The molecule has 1 rings (SSSR count). The first kappa shape index (κ1) is 17.0. The van der Waals surface area contributed by atoms with Crippen molar-refractivity contribution in [3.63, 3.8) is 0 Å². The Hall–Kier alpha value is -1.10.